The summed E-state index contributed by atoms with van der Waals surface area (Å²) in [5.74, 6) is -0.986. The summed E-state index contributed by atoms with van der Waals surface area (Å²) < 4.78 is 14.0. The minimum absolute atomic E-state index is 0.0293. The van der Waals surface area contributed by atoms with Gasteiger partial charge in [-0.25, -0.2) is 9.37 Å². The van der Waals surface area contributed by atoms with Gasteiger partial charge in [-0.15, -0.1) is 11.3 Å². The number of thiazole rings is 1. The van der Waals surface area contributed by atoms with Crippen LogP contribution in [-0.2, 0) is 13.0 Å². The van der Waals surface area contributed by atoms with Gasteiger partial charge in [0.25, 0.3) is 5.91 Å². The van der Waals surface area contributed by atoms with Crippen LogP contribution in [0.5, 0.6) is 0 Å². The van der Waals surface area contributed by atoms with Crippen molar-refractivity contribution in [1.82, 2.24) is 10.3 Å². The van der Waals surface area contributed by atoms with Gasteiger partial charge in [0.2, 0.25) is 0 Å². The fourth-order valence-corrected chi connectivity index (χ4v) is 2.69. The maximum Gasteiger partial charge on any atom is 0.254 e. The summed E-state index contributed by atoms with van der Waals surface area (Å²) in [6.07, 6.45) is 2.72. The molecule has 0 fully saturated rings. The number of benzene rings is 1. The zero-order chi connectivity index (χ0) is 13.8. The molecule has 100 valence electrons. The van der Waals surface area contributed by atoms with E-state index in [1.165, 1.54) is 6.07 Å². The highest BCUT2D eigenvalue weighted by Crippen LogP contribution is 2.19. The third kappa shape index (κ3) is 3.39. The smallest absolute Gasteiger partial charge is 0.254 e. The van der Waals surface area contributed by atoms with Gasteiger partial charge >= 0.3 is 0 Å². The van der Waals surface area contributed by atoms with Crippen molar-refractivity contribution in [3.8, 4) is 0 Å². The number of hydrogen-bond donors (Lipinski definition) is 1. The van der Waals surface area contributed by atoms with Gasteiger partial charge in [0, 0.05) is 11.1 Å². The summed E-state index contributed by atoms with van der Waals surface area (Å²) in [5, 5.41) is 3.49. The van der Waals surface area contributed by atoms with Crippen molar-refractivity contribution in [3.05, 3.63) is 50.1 Å². The lowest BCUT2D eigenvalue weighted by Gasteiger charge is -2.05. The first-order chi connectivity index (χ1) is 9.11. The van der Waals surface area contributed by atoms with Gasteiger partial charge in [-0.3, -0.25) is 4.79 Å². The summed E-state index contributed by atoms with van der Waals surface area (Å²) in [6, 6.07) is 4.63. The number of carbonyl (C=O) groups is 1. The molecule has 0 bridgehead atoms. The molecular formula is C13H12BrFN2OS. The largest absolute Gasteiger partial charge is 0.345 e. The lowest BCUT2D eigenvalue weighted by Crippen LogP contribution is -2.23. The zero-order valence-corrected chi connectivity index (χ0v) is 12.6. The van der Waals surface area contributed by atoms with Gasteiger partial charge in [0.05, 0.1) is 16.6 Å². The Morgan fingerprint density at radius 3 is 3.00 bits per heavy atom. The molecule has 1 heterocycles. The molecule has 1 aromatic heterocycles. The Bertz CT molecular complexity index is 600. The van der Waals surface area contributed by atoms with E-state index < -0.39 is 11.7 Å². The number of aromatic nitrogens is 1. The number of amides is 1. The molecule has 1 amide bonds. The van der Waals surface area contributed by atoms with Gasteiger partial charge in [-0.2, -0.15) is 0 Å². The van der Waals surface area contributed by atoms with Crippen molar-refractivity contribution < 1.29 is 9.18 Å². The van der Waals surface area contributed by atoms with Crippen LogP contribution in [-0.4, -0.2) is 10.9 Å². The lowest BCUT2D eigenvalue weighted by atomic mass is 10.2. The Balaban J connectivity index is 2.03. The van der Waals surface area contributed by atoms with Gasteiger partial charge < -0.3 is 5.32 Å². The Hall–Kier alpha value is -1.27. The summed E-state index contributed by atoms with van der Waals surface area (Å²) >= 11 is 4.61. The highest BCUT2D eigenvalue weighted by atomic mass is 79.9. The van der Waals surface area contributed by atoms with Crippen LogP contribution < -0.4 is 5.32 Å². The molecule has 0 aliphatic carbocycles. The van der Waals surface area contributed by atoms with Crippen molar-refractivity contribution in [2.75, 3.05) is 0 Å². The number of aryl methyl sites for hydroxylation is 1. The van der Waals surface area contributed by atoms with E-state index in [0.717, 1.165) is 16.3 Å². The molecule has 1 N–H and O–H groups in total. The second kappa shape index (κ2) is 6.25. The predicted molar refractivity (Wildman–Crippen MR) is 76.8 cm³/mol. The molecule has 0 spiro atoms. The van der Waals surface area contributed by atoms with E-state index in [9.17, 15) is 9.18 Å². The van der Waals surface area contributed by atoms with E-state index in [1.54, 1.807) is 29.7 Å². The topological polar surface area (TPSA) is 42.0 Å². The summed E-state index contributed by atoms with van der Waals surface area (Å²) in [4.78, 5) is 17.2. The molecule has 2 rings (SSSR count). The van der Waals surface area contributed by atoms with Crippen LogP contribution in [0.2, 0.25) is 0 Å². The Kier molecular flexibility index (Phi) is 4.66. The van der Waals surface area contributed by atoms with Crippen LogP contribution in [0.4, 0.5) is 4.39 Å². The van der Waals surface area contributed by atoms with Crippen LogP contribution in [0.1, 0.15) is 27.2 Å². The van der Waals surface area contributed by atoms with Crippen LogP contribution in [0.15, 0.2) is 28.9 Å². The molecule has 1 aromatic carbocycles. The van der Waals surface area contributed by atoms with Crippen LogP contribution in [0, 0.1) is 5.82 Å². The molecule has 0 radical (unpaired) electrons. The van der Waals surface area contributed by atoms with E-state index in [-0.39, 0.29) is 10.0 Å². The van der Waals surface area contributed by atoms with E-state index in [0.29, 0.717) is 6.54 Å². The van der Waals surface area contributed by atoms with Gasteiger partial charge in [0.15, 0.2) is 0 Å². The fourth-order valence-electron chi connectivity index (χ4n) is 1.52. The number of rotatable bonds is 4. The molecule has 0 saturated heterocycles. The SMILES string of the molecule is CCc1cnc(CNC(=O)c2cccc(Br)c2F)s1. The van der Waals surface area contributed by atoms with Crippen LogP contribution >= 0.6 is 27.3 Å². The van der Waals surface area contributed by atoms with Crippen molar-refractivity contribution >= 4 is 33.2 Å². The summed E-state index contributed by atoms with van der Waals surface area (Å²) in [5.41, 5.74) is 0.0293. The quantitative estimate of drug-likeness (QED) is 0.923. The number of carbonyl (C=O) groups excluding carboxylic acids is 1. The molecule has 0 atom stereocenters. The molecule has 3 nitrogen and oxygen atoms in total. The third-order valence-electron chi connectivity index (χ3n) is 2.55. The molecule has 6 heteroatoms. The minimum atomic E-state index is -0.548. The number of nitrogens with one attached hydrogen (secondary N) is 1. The van der Waals surface area contributed by atoms with Crippen molar-refractivity contribution in [1.29, 1.82) is 0 Å². The van der Waals surface area contributed by atoms with E-state index in [1.807, 2.05) is 6.92 Å². The molecule has 2 aromatic rings. The second-order valence-corrected chi connectivity index (χ2v) is 5.91. The molecular weight excluding hydrogens is 331 g/mol. The molecule has 0 saturated carbocycles. The lowest BCUT2D eigenvalue weighted by molar-refractivity contribution is 0.0946. The number of halogens is 2. The summed E-state index contributed by atoms with van der Waals surface area (Å²) in [7, 11) is 0. The highest BCUT2D eigenvalue weighted by Gasteiger charge is 2.13. The van der Waals surface area contributed by atoms with Crippen molar-refractivity contribution in [2.45, 2.75) is 19.9 Å². The maximum atomic E-state index is 13.7. The molecule has 0 aliphatic heterocycles. The van der Waals surface area contributed by atoms with E-state index >= 15 is 0 Å². The standard InChI is InChI=1S/C13H12BrFN2OS/c1-2-8-6-16-11(19-8)7-17-13(18)9-4-3-5-10(14)12(9)15/h3-6H,2,7H2,1H3,(H,17,18). The summed E-state index contributed by atoms with van der Waals surface area (Å²) in [6.45, 7) is 2.36. The Morgan fingerprint density at radius 1 is 1.53 bits per heavy atom. The minimum Gasteiger partial charge on any atom is -0.345 e. The zero-order valence-electron chi connectivity index (χ0n) is 10.2. The monoisotopic (exact) mass is 342 g/mol. The predicted octanol–water partition coefficient (Wildman–Crippen LogP) is 3.54. The fraction of sp³-hybridized carbons (Fsp3) is 0.231. The van der Waals surface area contributed by atoms with Crippen LogP contribution in [0.3, 0.4) is 0 Å². The Morgan fingerprint density at radius 2 is 2.32 bits per heavy atom. The average molecular weight is 343 g/mol. The first kappa shape index (κ1) is 14.1. The second-order valence-electron chi connectivity index (χ2n) is 3.86. The van der Waals surface area contributed by atoms with E-state index in [2.05, 4.69) is 26.2 Å². The van der Waals surface area contributed by atoms with Gasteiger partial charge in [-0.05, 0) is 34.5 Å². The number of hydrogen-bond acceptors (Lipinski definition) is 3. The Labute approximate surface area is 123 Å². The van der Waals surface area contributed by atoms with Crippen molar-refractivity contribution in [3.63, 3.8) is 0 Å². The first-order valence-corrected chi connectivity index (χ1v) is 7.38. The normalized spacial score (nSPS) is 10.5. The molecule has 19 heavy (non-hydrogen) atoms. The van der Waals surface area contributed by atoms with Gasteiger partial charge in [0.1, 0.15) is 10.8 Å². The average Bonchev–Trinajstić information content (AvgIpc) is 2.87. The van der Waals surface area contributed by atoms with Crippen LogP contribution in [0.25, 0.3) is 0 Å². The molecule has 0 unspecified atom stereocenters. The van der Waals surface area contributed by atoms with Crippen molar-refractivity contribution in [2.24, 2.45) is 0 Å². The first-order valence-electron chi connectivity index (χ1n) is 5.77. The highest BCUT2D eigenvalue weighted by molar-refractivity contribution is 9.10. The molecule has 0 aliphatic rings. The third-order valence-corrected chi connectivity index (χ3v) is 4.30. The number of nitrogens with zero attached hydrogens (tertiary/aromatic N) is 1. The van der Waals surface area contributed by atoms with E-state index in [4.69, 9.17) is 0 Å². The van der Waals surface area contributed by atoms with Gasteiger partial charge in [-0.1, -0.05) is 13.0 Å². The maximum absolute atomic E-state index is 13.7.